The summed E-state index contributed by atoms with van der Waals surface area (Å²) in [6, 6.07) is 12.1. The van der Waals surface area contributed by atoms with E-state index in [1.807, 2.05) is 59.1 Å². The van der Waals surface area contributed by atoms with Crippen LogP contribution in [0.1, 0.15) is 60.6 Å². The fourth-order valence-corrected chi connectivity index (χ4v) is 3.93. The first-order valence-electron chi connectivity index (χ1n) is 11.8. The molecule has 1 fully saturated rings. The highest BCUT2D eigenvalue weighted by atomic mass is 16.5. The number of carbonyl (C=O) groups excluding carboxylic acids is 2. The van der Waals surface area contributed by atoms with Crippen molar-refractivity contribution in [1.82, 2.24) is 14.4 Å². The van der Waals surface area contributed by atoms with Crippen LogP contribution in [0.25, 0.3) is 0 Å². The summed E-state index contributed by atoms with van der Waals surface area (Å²) in [5.74, 6) is -0.125. The van der Waals surface area contributed by atoms with Gasteiger partial charge in [0.25, 0.3) is 5.91 Å². The lowest BCUT2D eigenvalue weighted by Gasteiger charge is -2.28. The van der Waals surface area contributed by atoms with Gasteiger partial charge in [-0.05, 0) is 55.5 Å². The van der Waals surface area contributed by atoms with Crippen LogP contribution in [0, 0.1) is 0 Å². The smallest absolute Gasteiger partial charge is 0.254 e. The summed E-state index contributed by atoms with van der Waals surface area (Å²) >= 11 is 0. The molecule has 2 amide bonds. The maximum Gasteiger partial charge on any atom is 0.254 e. The first kappa shape index (κ1) is 24.1. The van der Waals surface area contributed by atoms with Gasteiger partial charge in [0, 0.05) is 44.2 Å². The van der Waals surface area contributed by atoms with Crippen LogP contribution < -0.4 is 0 Å². The predicted octanol–water partition coefficient (Wildman–Crippen LogP) is 4.04. The number of rotatable bonds is 13. The highest BCUT2D eigenvalue weighted by Gasteiger charge is 2.34. The zero-order valence-corrected chi connectivity index (χ0v) is 19.8. The van der Waals surface area contributed by atoms with Crippen molar-refractivity contribution in [3.8, 4) is 0 Å². The number of hydrogen-bond acceptors (Lipinski definition) is 3. The van der Waals surface area contributed by atoms with Gasteiger partial charge in [-0.2, -0.15) is 0 Å². The average Bonchev–Trinajstić information content (AvgIpc) is 3.56. The number of aromatic nitrogens is 1. The summed E-state index contributed by atoms with van der Waals surface area (Å²) in [6.07, 6.45) is 8.66. The quantitative estimate of drug-likeness (QED) is 0.443. The number of ether oxygens (including phenoxy) is 1. The van der Waals surface area contributed by atoms with E-state index in [9.17, 15) is 9.59 Å². The number of benzene rings is 1. The number of unbranched alkanes of at least 4 members (excludes halogenated alkanes) is 2. The van der Waals surface area contributed by atoms with Crippen molar-refractivity contribution in [2.24, 2.45) is 7.05 Å². The van der Waals surface area contributed by atoms with Crippen molar-refractivity contribution in [2.75, 3.05) is 26.8 Å². The van der Waals surface area contributed by atoms with Crippen LogP contribution in [0.2, 0.25) is 0 Å². The van der Waals surface area contributed by atoms with Crippen molar-refractivity contribution in [3.63, 3.8) is 0 Å². The number of carbonyl (C=O) groups is 2. The Balaban J connectivity index is 1.67. The summed E-state index contributed by atoms with van der Waals surface area (Å²) < 4.78 is 7.25. The topological polar surface area (TPSA) is 54.8 Å². The molecule has 32 heavy (non-hydrogen) atoms. The lowest BCUT2D eigenvalue weighted by atomic mass is 10.0. The van der Waals surface area contributed by atoms with Crippen LogP contribution in [0.15, 0.2) is 42.6 Å². The Morgan fingerprint density at radius 3 is 2.47 bits per heavy atom. The molecule has 174 valence electrons. The minimum absolute atomic E-state index is 0.00524. The first-order valence-corrected chi connectivity index (χ1v) is 11.8. The zero-order chi connectivity index (χ0) is 22.9. The number of nitrogens with zero attached hydrogens (tertiary/aromatic N) is 3. The van der Waals surface area contributed by atoms with Crippen molar-refractivity contribution < 1.29 is 14.3 Å². The van der Waals surface area contributed by atoms with Gasteiger partial charge in [-0.15, -0.1) is 0 Å². The van der Waals surface area contributed by atoms with E-state index in [-0.39, 0.29) is 24.4 Å². The van der Waals surface area contributed by atoms with Crippen LogP contribution in [-0.4, -0.2) is 59.0 Å². The average molecular weight is 440 g/mol. The largest absolute Gasteiger partial charge is 0.383 e. The third-order valence-electron chi connectivity index (χ3n) is 6.14. The molecule has 0 bridgehead atoms. The Kier molecular flexibility index (Phi) is 8.91. The maximum absolute atomic E-state index is 13.3. The monoisotopic (exact) mass is 439 g/mol. The Labute approximate surface area is 192 Å². The third-order valence-corrected chi connectivity index (χ3v) is 6.14. The normalized spacial score (nSPS) is 13.2. The lowest BCUT2D eigenvalue weighted by Crippen LogP contribution is -2.44. The van der Waals surface area contributed by atoms with Gasteiger partial charge in [-0.25, -0.2) is 0 Å². The molecule has 0 spiro atoms. The van der Waals surface area contributed by atoms with Crippen molar-refractivity contribution in [2.45, 2.75) is 58.0 Å². The fourth-order valence-electron chi connectivity index (χ4n) is 3.93. The van der Waals surface area contributed by atoms with E-state index < -0.39 is 0 Å². The van der Waals surface area contributed by atoms with Crippen molar-refractivity contribution in [1.29, 1.82) is 0 Å². The molecule has 0 radical (unpaired) electrons. The second kappa shape index (κ2) is 11.9. The maximum atomic E-state index is 13.3. The molecule has 1 aliphatic carbocycles. The van der Waals surface area contributed by atoms with Gasteiger partial charge in [0.05, 0.1) is 13.2 Å². The first-order chi connectivity index (χ1) is 15.5. The Bertz CT molecular complexity index is 871. The summed E-state index contributed by atoms with van der Waals surface area (Å²) in [5, 5.41) is 0. The molecule has 0 unspecified atom stereocenters. The molecular formula is C26H37N3O3. The van der Waals surface area contributed by atoms with Crippen molar-refractivity contribution in [3.05, 3.63) is 59.4 Å². The second-order valence-electron chi connectivity index (χ2n) is 8.74. The van der Waals surface area contributed by atoms with E-state index in [4.69, 9.17) is 4.74 Å². The van der Waals surface area contributed by atoms with Gasteiger partial charge < -0.3 is 19.1 Å². The Morgan fingerprint density at radius 1 is 1.12 bits per heavy atom. The van der Waals surface area contributed by atoms with E-state index in [0.717, 1.165) is 31.4 Å². The van der Waals surface area contributed by atoms with Gasteiger partial charge in [-0.3, -0.25) is 9.59 Å². The van der Waals surface area contributed by atoms with E-state index in [2.05, 4.69) is 6.92 Å². The van der Waals surface area contributed by atoms with Crippen LogP contribution in [0.5, 0.6) is 0 Å². The van der Waals surface area contributed by atoms with Crippen molar-refractivity contribution >= 4 is 11.8 Å². The minimum atomic E-state index is -0.120. The highest BCUT2D eigenvalue weighted by Crippen LogP contribution is 2.28. The van der Waals surface area contributed by atoms with Crippen LogP contribution in [-0.2, 0) is 29.5 Å². The molecule has 1 aromatic carbocycles. The molecule has 0 atom stereocenters. The van der Waals surface area contributed by atoms with Gasteiger partial charge in [-0.1, -0.05) is 31.9 Å². The molecule has 1 heterocycles. The predicted molar refractivity (Wildman–Crippen MR) is 126 cm³/mol. The number of methoxy groups -OCH3 is 1. The molecule has 0 N–H and O–H groups in total. The minimum Gasteiger partial charge on any atom is -0.383 e. The highest BCUT2D eigenvalue weighted by molar-refractivity contribution is 5.96. The molecule has 3 rings (SSSR count). The third kappa shape index (κ3) is 6.70. The molecule has 0 aliphatic heterocycles. The molecule has 1 saturated carbocycles. The van der Waals surface area contributed by atoms with E-state index in [1.165, 1.54) is 18.4 Å². The number of aryl methyl sites for hydroxylation is 2. The molecule has 2 aromatic rings. The SMILES string of the molecule is CCCCCc1ccc(C(=O)N(CCOC)CC(=O)N(Cc2cccn2C)C2CC2)cc1. The second-order valence-corrected chi connectivity index (χ2v) is 8.74. The molecule has 6 nitrogen and oxygen atoms in total. The van der Waals surface area contributed by atoms with Gasteiger partial charge >= 0.3 is 0 Å². The molecule has 6 heteroatoms. The zero-order valence-electron chi connectivity index (χ0n) is 19.8. The summed E-state index contributed by atoms with van der Waals surface area (Å²) in [4.78, 5) is 30.0. The van der Waals surface area contributed by atoms with E-state index in [1.54, 1.807) is 12.0 Å². The molecule has 0 saturated heterocycles. The Morgan fingerprint density at radius 2 is 1.88 bits per heavy atom. The standard InChI is InChI=1S/C26H37N3O3/c1-4-5-6-8-21-10-12-22(13-11-21)26(31)28(17-18-32-3)20-25(30)29(23-14-15-23)19-24-9-7-16-27(24)2/h7,9-13,16,23H,4-6,8,14-15,17-20H2,1-3H3. The van der Waals surface area contributed by atoms with Gasteiger partial charge in [0.15, 0.2) is 0 Å². The number of hydrogen-bond donors (Lipinski definition) is 0. The lowest BCUT2D eigenvalue weighted by molar-refractivity contribution is -0.133. The summed E-state index contributed by atoms with van der Waals surface area (Å²) in [5.41, 5.74) is 2.96. The number of amides is 2. The molecule has 1 aromatic heterocycles. The summed E-state index contributed by atoms with van der Waals surface area (Å²) in [7, 11) is 3.60. The van der Waals surface area contributed by atoms with Gasteiger partial charge in [0.1, 0.15) is 6.54 Å². The van der Waals surface area contributed by atoms with Crippen LogP contribution in [0.4, 0.5) is 0 Å². The molecule has 1 aliphatic rings. The van der Waals surface area contributed by atoms with Crippen LogP contribution >= 0.6 is 0 Å². The van der Waals surface area contributed by atoms with E-state index in [0.29, 0.717) is 25.3 Å². The molecular weight excluding hydrogens is 402 g/mol. The van der Waals surface area contributed by atoms with Crippen LogP contribution in [0.3, 0.4) is 0 Å². The Hall–Kier alpha value is -2.60. The van der Waals surface area contributed by atoms with E-state index >= 15 is 0 Å². The fraction of sp³-hybridized carbons (Fsp3) is 0.538. The van der Waals surface area contributed by atoms with Gasteiger partial charge in [0.2, 0.25) is 5.91 Å². The summed E-state index contributed by atoms with van der Waals surface area (Å²) in [6.45, 7) is 3.63.